The van der Waals surface area contributed by atoms with E-state index >= 15 is 0 Å². The summed E-state index contributed by atoms with van der Waals surface area (Å²) in [5.74, 6) is -1.82. The summed E-state index contributed by atoms with van der Waals surface area (Å²) in [4.78, 5) is 47.4. The van der Waals surface area contributed by atoms with Crippen LogP contribution in [0.3, 0.4) is 0 Å². The van der Waals surface area contributed by atoms with Gasteiger partial charge in [-0.2, -0.15) is 0 Å². The molecule has 0 bridgehead atoms. The van der Waals surface area contributed by atoms with E-state index in [1.807, 2.05) is 48.5 Å². The minimum atomic E-state index is -1.07. The molecule has 0 saturated carbocycles. The van der Waals surface area contributed by atoms with Crippen molar-refractivity contribution in [3.63, 3.8) is 0 Å². The third-order valence-corrected chi connectivity index (χ3v) is 5.18. The molecule has 3 rings (SSSR count). The molecule has 8 nitrogen and oxygen atoms in total. The molecule has 168 valence electrons. The maximum absolute atomic E-state index is 12.5. The van der Waals surface area contributed by atoms with Crippen molar-refractivity contribution in [3.05, 3.63) is 59.7 Å². The van der Waals surface area contributed by atoms with Crippen molar-refractivity contribution >= 4 is 23.9 Å². The maximum atomic E-state index is 12.5. The van der Waals surface area contributed by atoms with Crippen LogP contribution in [0.2, 0.25) is 0 Å². The number of carbonyl (C=O) groups excluding carboxylic acids is 4. The lowest BCUT2D eigenvalue weighted by Gasteiger charge is -2.19. The summed E-state index contributed by atoms with van der Waals surface area (Å²) in [6, 6.07) is 14.9. The SMILES string of the molecule is CCOC(=O)C(CCC(=O)NC(C)=O)NC(=O)OCC1c2ccccc2-c2ccccc21. The van der Waals surface area contributed by atoms with Crippen LogP contribution in [0.15, 0.2) is 48.5 Å². The number of imide groups is 1. The average molecular weight is 438 g/mol. The average Bonchev–Trinajstić information content (AvgIpc) is 3.08. The van der Waals surface area contributed by atoms with Gasteiger partial charge in [-0.3, -0.25) is 14.9 Å². The Bertz CT molecular complexity index is 974. The van der Waals surface area contributed by atoms with Crippen LogP contribution < -0.4 is 10.6 Å². The topological polar surface area (TPSA) is 111 Å². The number of ether oxygens (including phenoxy) is 2. The minimum absolute atomic E-state index is 0.0257. The zero-order valence-corrected chi connectivity index (χ0v) is 18.1. The zero-order chi connectivity index (χ0) is 23.1. The van der Waals surface area contributed by atoms with Crippen LogP contribution >= 0.6 is 0 Å². The number of benzene rings is 2. The van der Waals surface area contributed by atoms with Crippen LogP contribution in [0.1, 0.15) is 43.7 Å². The van der Waals surface area contributed by atoms with Crippen molar-refractivity contribution in [3.8, 4) is 11.1 Å². The van der Waals surface area contributed by atoms with Crippen molar-refractivity contribution in [2.75, 3.05) is 13.2 Å². The number of fused-ring (bicyclic) bond motifs is 3. The van der Waals surface area contributed by atoms with Gasteiger partial charge in [-0.15, -0.1) is 0 Å². The van der Waals surface area contributed by atoms with E-state index in [4.69, 9.17) is 9.47 Å². The number of alkyl carbamates (subject to hydrolysis) is 1. The first kappa shape index (κ1) is 23.0. The van der Waals surface area contributed by atoms with E-state index in [0.29, 0.717) is 0 Å². The van der Waals surface area contributed by atoms with E-state index < -0.39 is 29.9 Å². The molecule has 0 spiro atoms. The second kappa shape index (κ2) is 10.6. The molecule has 2 aromatic carbocycles. The third-order valence-electron chi connectivity index (χ3n) is 5.18. The lowest BCUT2D eigenvalue weighted by molar-refractivity contribution is -0.145. The van der Waals surface area contributed by atoms with Gasteiger partial charge in [0.15, 0.2) is 0 Å². The van der Waals surface area contributed by atoms with Crippen molar-refractivity contribution in [2.24, 2.45) is 0 Å². The van der Waals surface area contributed by atoms with Crippen LogP contribution in [0, 0.1) is 0 Å². The Morgan fingerprint density at radius 2 is 1.53 bits per heavy atom. The molecule has 0 fully saturated rings. The molecule has 32 heavy (non-hydrogen) atoms. The highest BCUT2D eigenvalue weighted by atomic mass is 16.6. The predicted molar refractivity (Wildman–Crippen MR) is 117 cm³/mol. The largest absolute Gasteiger partial charge is 0.464 e. The van der Waals surface area contributed by atoms with Crippen molar-refractivity contribution in [1.29, 1.82) is 0 Å². The molecular weight excluding hydrogens is 412 g/mol. The molecule has 0 saturated heterocycles. The summed E-state index contributed by atoms with van der Waals surface area (Å²) in [5.41, 5.74) is 4.37. The smallest absolute Gasteiger partial charge is 0.407 e. The van der Waals surface area contributed by atoms with E-state index in [2.05, 4.69) is 10.6 Å². The quantitative estimate of drug-likeness (QED) is 0.613. The molecule has 8 heteroatoms. The van der Waals surface area contributed by atoms with Crippen LogP contribution in [-0.4, -0.2) is 43.1 Å². The highest BCUT2D eigenvalue weighted by Crippen LogP contribution is 2.44. The van der Waals surface area contributed by atoms with Gasteiger partial charge in [-0.05, 0) is 35.6 Å². The Morgan fingerprint density at radius 3 is 2.09 bits per heavy atom. The van der Waals surface area contributed by atoms with Crippen molar-refractivity contribution in [1.82, 2.24) is 10.6 Å². The normalized spacial score (nSPS) is 12.8. The van der Waals surface area contributed by atoms with Crippen LogP contribution in [-0.2, 0) is 23.9 Å². The standard InChI is InChI=1S/C24H26N2O6/c1-3-31-23(29)21(12-13-22(28)25-15(2)27)26-24(30)32-14-20-18-10-6-4-8-16(18)17-9-5-7-11-19(17)20/h4-11,20-21H,3,12-14H2,1-2H3,(H,26,30)(H,25,27,28). The summed E-state index contributed by atoms with van der Waals surface area (Å²) < 4.78 is 10.4. The summed E-state index contributed by atoms with van der Waals surface area (Å²) in [7, 11) is 0. The maximum Gasteiger partial charge on any atom is 0.407 e. The Hall–Kier alpha value is -3.68. The Kier molecular flexibility index (Phi) is 7.59. The highest BCUT2D eigenvalue weighted by Gasteiger charge is 2.30. The summed E-state index contributed by atoms with van der Waals surface area (Å²) in [6.07, 6.45) is -0.939. The van der Waals surface area contributed by atoms with Gasteiger partial charge < -0.3 is 14.8 Å². The van der Waals surface area contributed by atoms with Crippen LogP contribution in [0.5, 0.6) is 0 Å². The summed E-state index contributed by atoms with van der Waals surface area (Å²) in [6.45, 7) is 3.09. The number of esters is 1. The van der Waals surface area contributed by atoms with Gasteiger partial charge in [0, 0.05) is 19.3 Å². The van der Waals surface area contributed by atoms with E-state index in [-0.39, 0.29) is 32.0 Å². The fraction of sp³-hybridized carbons (Fsp3) is 0.333. The fourth-order valence-corrected chi connectivity index (χ4v) is 3.81. The second-order valence-corrected chi connectivity index (χ2v) is 7.42. The molecule has 2 N–H and O–H groups in total. The Balaban J connectivity index is 1.63. The molecule has 1 atom stereocenters. The monoisotopic (exact) mass is 438 g/mol. The van der Waals surface area contributed by atoms with Gasteiger partial charge in [0.05, 0.1) is 6.61 Å². The summed E-state index contributed by atoms with van der Waals surface area (Å²) in [5, 5.41) is 4.61. The molecule has 0 heterocycles. The first-order valence-electron chi connectivity index (χ1n) is 10.5. The van der Waals surface area contributed by atoms with Gasteiger partial charge in [0.2, 0.25) is 11.8 Å². The number of carbonyl (C=O) groups is 4. The van der Waals surface area contributed by atoms with Gasteiger partial charge in [0.1, 0.15) is 12.6 Å². The molecule has 0 aromatic heterocycles. The first-order valence-corrected chi connectivity index (χ1v) is 10.5. The Morgan fingerprint density at radius 1 is 0.938 bits per heavy atom. The number of rotatable bonds is 8. The number of amides is 3. The van der Waals surface area contributed by atoms with Gasteiger partial charge in [-0.25, -0.2) is 9.59 Å². The molecule has 0 radical (unpaired) electrons. The second-order valence-electron chi connectivity index (χ2n) is 7.42. The Labute approximate surface area is 186 Å². The predicted octanol–water partition coefficient (Wildman–Crippen LogP) is 2.90. The number of hydrogen-bond donors (Lipinski definition) is 2. The van der Waals surface area contributed by atoms with Crippen molar-refractivity contribution in [2.45, 2.75) is 38.6 Å². The summed E-state index contributed by atoms with van der Waals surface area (Å²) >= 11 is 0. The van der Waals surface area contributed by atoms with E-state index in [1.165, 1.54) is 6.92 Å². The highest BCUT2D eigenvalue weighted by molar-refractivity contribution is 5.94. The molecule has 0 aliphatic heterocycles. The molecule has 1 aliphatic carbocycles. The lowest BCUT2D eigenvalue weighted by atomic mass is 9.98. The molecule has 3 amide bonds. The first-order chi connectivity index (χ1) is 15.4. The third kappa shape index (κ3) is 5.51. The van der Waals surface area contributed by atoms with Crippen LogP contribution in [0.25, 0.3) is 11.1 Å². The molecule has 1 aliphatic rings. The van der Waals surface area contributed by atoms with Crippen LogP contribution in [0.4, 0.5) is 4.79 Å². The molecule has 2 aromatic rings. The molecule has 1 unspecified atom stereocenters. The zero-order valence-electron chi connectivity index (χ0n) is 18.1. The van der Waals surface area contributed by atoms with E-state index in [0.717, 1.165) is 22.3 Å². The van der Waals surface area contributed by atoms with Crippen molar-refractivity contribution < 1.29 is 28.7 Å². The van der Waals surface area contributed by atoms with E-state index in [9.17, 15) is 19.2 Å². The van der Waals surface area contributed by atoms with Gasteiger partial charge in [-0.1, -0.05) is 48.5 Å². The lowest BCUT2D eigenvalue weighted by Crippen LogP contribution is -2.43. The number of nitrogens with one attached hydrogen (secondary N) is 2. The number of hydrogen-bond acceptors (Lipinski definition) is 6. The molecular formula is C24H26N2O6. The minimum Gasteiger partial charge on any atom is -0.464 e. The fourth-order valence-electron chi connectivity index (χ4n) is 3.81. The van der Waals surface area contributed by atoms with E-state index in [1.54, 1.807) is 6.92 Å². The van der Waals surface area contributed by atoms with Gasteiger partial charge in [0.25, 0.3) is 0 Å². The van der Waals surface area contributed by atoms with Gasteiger partial charge >= 0.3 is 12.1 Å².